The van der Waals surface area contributed by atoms with Gasteiger partial charge in [0.25, 0.3) is 0 Å². The number of carbonyl (C=O) groups is 2. The SMILES string of the molecule is CCC(CC)(OC)[C@@H]1CCCN1N1CC[C@H]([C@@H](CNC(=O)OC(C)(C)C)c2ccco2)C1=O. The Kier molecular flexibility index (Phi) is 8.11. The molecule has 3 heterocycles. The number of nitrogens with zero attached hydrogens (tertiary/aromatic N) is 2. The van der Waals surface area contributed by atoms with Gasteiger partial charge in [0.1, 0.15) is 11.4 Å². The monoisotopic (exact) mass is 463 g/mol. The third-order valence-electron chi connectivity index (χ3n) is 7.23. The van der Waals surface area contributed by atoms with Crippen molar-refractivity contribution in [3.05, 3.63) is 24.2 Å². The minimum absolute atomic E-state index is 0.0893. The zero-order valence-corrected chi connectivity index (χ0v) is 21.1. The van der Waals surface area contributed by atoms with E-state index in [9.17, 15) is 9.59 Å². The summed E-state index contributed by atoms with van der Waals surface area (Å²) in [4.78, 5) is 26.0. The molecule has 1 aromatic rings. The van der Waals surface area contributed by atoms with Gasteiger partial charge in [-0.15, -0.1) is 0 Å². The van der Waals surface area contributed by atoms with Gasteiger partial charge in [-0.2, -0.15) is 0 Å². The van der Waals surface area contributed by atoms with E-state index in [-0.39, 0.29) is 35.9 Å². The van der Waals surface area contributed by atoms with Crippen molar-refractivity contribution in [2.45, 2.75) is 89.9 Å². The number of rotatable bonds is 9. The molecule has 0 bridgehead atoms. The summed E-state index contributed by atoms with van der Waals surface area (Å²) in [5, 5.41) is 7.03. The molecule has 2 aliphatic rings. The summed E-state index contributed by atoms with van der Waals surface area (Å²) in [7, 11) is 1.79. The number of methoxy groups -OCH3 is 1. The fourth-order valence-corrected chi connectivity index (χ4v) is 5.49. The topological polar surface area (TPSA) is 84.2 Å². The highest BCUT2D eigenvalue weighted by Gasteiger charge is 2.49. The predicted octanol–water partition coefficient (Wildman–Crippen LogP) is 4.32. The van der Waals surface area contributed by atoms with Crippen molar-refractivity contribution in [2.75, 3.05) is 26.7 Å². The number of carbonyl (C=O) groups excluding carboxylic acids is 2. The predicted molar refractivity (Wildman–Crippen MR) is 126 cm³/mol. The van der Waals surface area contributed by atoms with Crippen LogP contribution in [0.3, 0.4) is 0 Å². The third kappa shape index (κ3) is 5.54. The Hall–Kier alpha value is -2.06. The molecule has 33 heavy (non-hydrogen) atoms. The van der Waals surface area contributed by atoms with Gasteiger partial charge in [0, 0.05) is 32.7 Å². The molecule has 0 unspecified atom stereocenters. The minimum atomic E-state index is -0.582. The zero-order valence-electron chi connectivity index (χ0n) is 21.1. The van der Waals surface area contributed by atoms with E-state index in [0.717, 1.165) is 32.2 Å². The lowest BCUT2D eigenvalue weighted by Crippen LogP contribution is -2.57. The van der Waals surface area contributed by atoms with Gasteiger partial charge < -0.3 is 19.2 Å². The van der Waals surface area contributed by atoms with Crippen LogP contribution in [-0.4, -0.2) is 66.0 Å². The average molecular weight is 464 g/mol. The quantitative estimate of drug-likeness (QED) is 0.587. The van der Waals surface area contributed by atoms with Crippen molar-refractivity contribution in [3.63, 3.8) is 0 Å². The van der Waals surface area contributed by atoms with E-state index in [2.05, 4.69) is 24.2 Å². The van der Waals surface area contributed by atoms with Crippen molar-refractivity contribution in [1.82, 2.24) is 15.3 Å². The largest absolute Gasteiger partial charge is 0.469 e. The second-order valence-corrected chi connectivity index (χ2v) is 10.2. The van der Waals surface area contributed by atoms with Crippen LogP contribution < -0.4 is 5.32 Å². The van der Waals surface area contributed by atoms with Crippen LogP contribution in [0, 0.1) is 5.92 Å². The van der Waals surface area contributed by atoms with Crippen LogP contribution in [0.2, 0.25) is 0 Å². The van der Waals surface area contributed by atoms with Gasteiger partial charge in [0.15, 0.2) is 0 Å². The number of furan rings is 1. The van der Waals surface area contributed by atoms with E-state index in [4.69, 9.17) is 13.9 Å². The van der Waals surface area contributed by atoms with Crippen molar-refractivity contribution < 1.29 is 23.5 Å². The first-order valence-corrected chi connectivity index (χ1v) is 12.3. The first-order valence-electron chi connectivity index (χ1n) is 12.3. The van der Waals surface area contributed by atoms with Crippen molar-refractivity contribution >= 4 is 12.0 Å². The molecule has 0 spiro atoms. The van der Waals surface area contributed by atoms with Gasteiger partial charge in [-0.1, -0.05) is 13.8 Å². The molecule has 1 N–H and O–H groups in total. The molecule has 186 valence electrons. The summed E-state index contributed by atoms with van der Waals surface area (Å²) >= 11 is 0. The van der Waals surface area contributed by atoms with E-state index in [0.29, 0.717) is 18.7 Å². The maximum Gasteiger partial charge on any atom is 0.407 e. The molecule has 2 amide bonds. The van der Waals surface area contributed by atoms with Crippen LogP contribution in [0.15, 0.2) is 22.8 Å². The maximum absolute atomic E-state index is 13.7. The van der Waals surface area contributed by atoms with Crippen LogP contribution in [0.25, 0.3) is 0 Å². The van der Waals surface area contributed by atoms with E-state index >= 15 is 0 Å². The normalized spacial score (nSPS) is 23.2. The Morgan fingerprint density at radius 1 is 1.24 bits per heavy atom. The lowest BCUT2D eigenvalue weighted by molar-refractivity contribution is -0.163. The second kappa shape index (κ2) is 10.5. The number of hydrogen-bond acceptors (Lipinski definition) is 6. The van der Waals surface area contributed by atoms with E-state index in [1.54, 1.807) is 13.4 Å². The number of nitrogens with one attached hydrogen (secondary N) is 1. The van der Waals surface area contributed by atoms with E-state index in [1.807, 2.05) is 37.9 Å². The molecule has 1 aromatic heterocycles. The molecule has 0 radical (unpaired) electrons. The summed E-state index contributed by atoms with van der Waals surface area (Å²) in [6.45, 7) is 11.6. The molecule has 3 rings (SSSR count). The fourth-order valence-electron chi connectivity index (χ4n) is 5.49. The summed E-state index contributed by atoms with van der Waals surface area (Å²) in [6.07, 6.45) is 5.71. The van der Waals surface area contributed by atoms with Crippen molar-refractivity contribution in [2.24, 2.45) is 5.92 Å². The van der Waals surface area contributed by atoms with Gasteiger partial charge in [0.2, 0.25) is 5.91 Å². The maximum atomic E-state index is 13.7. The van der Waals surface area contributed by atoms with Gasteiger partial charge >= 0.3 is 6.09 Å². The van der Waals surface area contributed by atoms with Crippen LogP contribution in [0.1, 0.15) is 78.4 Å². The molecule has 8 nitrogen and oxygen atoms in total. The molecular formula is C25H41N3O5. The second-order valence-electron chi connectivity index (χ2n) is 10.2. The molecule has 8 heteroatoms. The van der Waals surface area contributed by atoms with Gasteiger partial charge in [0.05, 0.1) is 23.8 Å². The summed E-state index contributed by atoms with van der Waals surface area (Å²) < 4.78 is 17.1. The molecule has 3 atom stereocenters. The van der Waals surface area contributed by atoms with Crippen LogP contribution >= 0.6 is 0 Å². The van der Waals surface area contributed by atoms with Gasteiger partial charge in [-0.05, 0) is 65.0 Å². The number of alkyl carbamates (subject to hydrolysis) is 1. The molecule has 2 saturated heterocycles. The lowest BCUT2D eigenvalue weighted by atomic mass is 9.87. The molecule has 0 saturated carbocycles. The molecular weight excluding hydrogens is 422 g/mol. The Morgan fingerprint density at radius 3 is 2.55 bits per heavy atom. The summed E-state index contributed by atoms with van der Waals surface area (Å²) in [6, 6.07) is 3.88. The first-order chi connectivity index (χ1) is 15.7. The number of hydrazine groups is 1. The zero-order chi connectivity index (χ0) is 24.2. The average Bonchev–Trinajstić information content (AvgIpc) is 3.51. The van der Waals surface area contributed by atoms with Crippen molar-refractivity contribution in [1.29, 1.82) is 0 Å². The van der Waals surface area contributed by atoms with Crippen LogP contribution in [-0.2, 0) is 14.3 Å². The van der Waals surface area contributed by atoms with Crippen molar-refractivity contribution in [3.8, 4) is 0 Å². The van der Waals surface area contributed by atoms with Crippen LogP contribution in [0.5, 0.6) is 0 Å². The van der Waals surface area contributed by atoms with Crippen LogP contribution in [0.4, 0.5) is 4.79 Å². The highest BCUT2D eigenvalue weighted by atomic mass is 16.6. The minimum Gasteiger partial charge on any atom is -0.469 e. The summed E-state index contributed by atoms with van der Waals surface area (Å²) in [5.41, 5.74) is -0.838. The van der Waals surface area contributed by atoms with Gasteiger partial charge in [-0.25, -0.2) is 9.80 Å². The number of hydrogen-bond donors (Lipinski definition) is 1. The number of ether oxygens (including phenoxy) is 2. The Morgan fingerprint density at radius 2 is 1.97 bits per heavy atom. The highest BCUT2D eigenvalue weighted by Crippen LogP contribution is 2.40. The standard InChI is InChI=1S/C25H41N3O5/c1-7-25(8-2,31-6)21-12-9-14-27(21)28-15-13-18(22(28)29)19(20-11-10-16-32-20)17-26-23(30)33-24(3,4)5/h10-11,16,18-19,21H,7-9,12-15,17H2,1-6H3,(H,26,30)/t18-,19-,21+/m1/s1. The molecule has 0 aliphatic carbocycles. The Balaban J connectivity index is 1.75. The third-order valence-corrected chi connectivity index (χ3v) is 7.23. The Bertz CT molecular complexity index is 776. The molecule has 2 aliphatic heterocycles. The first kappa shape index (κ1) is 25.6. The smallest absolute Gasteiger partial charge is 0.407 e. The Labute approximate surface area is 197 Å². The van der Waals surface area contributed by atoms with E-state index in [1.165, 1.54) is 0 Å². The molecule has 2 fully saturated rings. The number of amides is 2. The van der Waals surface area contributed by atoms with Gasteiger partial charge in [-0.3, -0.25) is 9.80 Å². The fraction of sp³-hybridized carbons (Fsp3) is 0.760. The summed E-state index contributed by atoms with van der Waals surface area (Å²) in [5.74, 6) is 0.271. The van der Waals surface area contributed by atoms with E-state index < -0.39 is 11.7 Å². The highest BCUT2D eigenvalue weighted by molar-refractivity contribution is 5.81. The lowest BCUT2D eigenvalue weighted by Gasteiger charge is -2.44. The molecule has 0 aromatic carbocycles.